The van der Waals surface area contributed by atoms with E-state index >= 15 is 0 Å². The minimum Gasteiger partial charge on any atom is -0.374 e. The third-order valence-corrected chi connectivity index (χ3v) is 3.38. The summed E-state index contributed by atoms with van der Waals surface area (Å²) >= 11 is 0. The van der Waals surface area contributed by atoms with Crippen LogP contribution in [0.2, 0.25) is 0 Å². The van der Waals surface area contributed by atoms with Gasteiger partial charge in [0.2, 0.25) is 11.8 Å². The summed E-state index contributed by atoms with van der Waals surface area (Å²) in [5.41, 5.74) is 1.44. The Morgan fingerprint density at radius 1 is 1.30 bits per heavy atom. The van der Waals surface area contributed by atoms with Crippen LogP contribution in [0.25, 0.3) is 0 Å². The van der Waals surface area contributed by atoms with E-state index in [0.29, 0.717) is 23.5 Å². The average Bonchev–Trinajstić information content (AvgIpc) is 2.92. The largest absolute Gasteiger partial charge is 0.374 e. The second-order valence-corrected chi connectivity index (χ2v) is 4.86. The maximum absolute atomic E-state index is 11.3. The van der Waals surface area contributed by atoms with E-state index in [1.54, 1.807) is 6.07 Å². The highest BCUT2D eigenvalue weighted by Crippen LogP contribution is 2.35. The van der Waals surface area contributed by atoms with E-state index in [4.69, 9.17) is 0 Å². The van der Waals surface area contributed by atoms with Gasteiger partial charge in [-0.25, -0.2) is 0 Å². The normalized spacial score (nSPS) is 20.3. The molecule has 20 heavy (non-hydrogen) atoms. The third kappa shape index (κ3) is 2.15. The molecule has 0 spiro atoms. The van der Waals surface area contributed by atoms with Crippen LogP contribution in [0.3, 0.4) is 0 Å². The molecule has 2 heterocycles. The number of nitro benzene ring substituents is 1. The van der Waals surface area contributed by atoms with Crippen LogP contribution >= 0.6 is 0 Å². The zero-order chi connectivity index (χ0) is 14.3. The number of nitrogens with one attached hydrogen (secondary N) is 3. The summed E-state index contributed by atoms with van der Waals surface area (Å²) in [6.07, 6.45) is 0.431. The molecule has 1 fully saturated rings. The number of hydrogen-bond acceptors (Lipinski definition) is 5. The fourth-order valence-corrected chi connectivity index (χ4v) is 2.46. The van der Waals surface area contributed by atoms with Gasteiger partial charge in [0, 0.05) is 24.7 Å². The summed E-state index contributed by atoms with van der Waals surface area (Å²) < 4.78 is 0. The summed E-state index contributed by atoms with van der Waals surface area (Å²) in [4.78, 5) is 33.1. The van der Waals surface area contributed by atoms with Crippen LogP contribution in [-0.4, -0.2) is 29.3 Å². The number of nitro groups is 1. The van der Waals surface area contributed by atoms with Crippen LogP contribution in [-0.2, 0) is 16.0 Å². The molecule has 1 aromatic carbocycles. The summed E-state index contributed by atoms with van der Waals surface area (Å²) in [5, 5.41) is 19.4. The lowest BCUT2D eigenvalue weighted by molar-refractivity contribution is -0.384. The summed E-state index contributed by atoms with van der Waals surface area (Å²) in [7, 11) is 0. The molecule has 2 amide bonds. The Morgan fingerprint density at radius 2 is 2.10 bits per heavy atom. The number of benzene rings is 1. The molecule has 8 nitrogen and oxygen atoms in total. The number of nitrogens with zero attached hydrogens (tertiary/aromatic N) is 1. The van der Waals surface area contributed by atoms with Crippen molar-refractivity contribution in [2.75, 3.05) is 17.2 Å². The van der Waals surface area contributed by atoms with Crippen molar-refractivity contribution in [2.45, 2.75) is 18.9 Å². The minimum absolute atomic E-state index is 0.0837. The van der Waals surface area contributed by atoms with Crippen molar-refractivity contribution in [3.05, 3.63) is 27.8 Å². The molecule has 3 rings (SSSR count). The van der Waals surface area contributed by atoms with Gasteiger partial charge in [0.15, 0.2) is 0 Å². The van der Waals surface area contributed by atoms with Gasteiger partial charge in [-0.3, -0.25) is 19.7 Å². The molecule has 0 aliphatic carbocycles. The first kappa shape index (κ1) is 12.4. The number of fused-ring (bicyclic) bond motifs is 1. The fourth-order valence-electron chi connectivity index (χ4n) is 2.46. The predicted molar refractivity (Wildman–Crippen MR) is 70.5 cm³/mol. The van der Waals surface area contributed by atoms with Crippen molar-refractivity contribution in [2.24, 2.45) is 0 Å². The molecule has 1 unspecified atom stereocenters. The van der Waals surface area contributed by atoms with Crippen LogP contribution in [0.4, 0.5) is 17.1 Å². The van der Waals surface area contributed by atoms with Crippen LogP contribution in [0.1, 0.15) is 12.0 Å². The lowest BCUT2D eigenvalue weighted by Gasteiger charge is -2.13. The Hall–Kier alpha value is -2.64. The first-order valence-electron chi connectivity index (χ1n) is 6.17. The topological polar surface area (TPSA) is 113 Å². The van der Waals surface area contributed by atoms with Gasteiger partial charge in [0.05, 0.1) is 17.4 Å². The Morgan fingerprint density at radius 3 is 2.75 bits per heavy atom. The number of anilines is 2. The van der Waals surface area contributed by atoms with Gasteiger partial charge in [-0.2, -0.15) is 0 Å². The third-order valence-electron chi connectivity index (χ3n) is 3.38. The molecule has 1 atom stereocenters. The first-order chi connectivity index (χ1) is 9.52. The highest BCUT2D eigenvalue weighted by atomic mass is 16.6. The van der Waals surface area contributed by atoms with Crippen LogP contribution in [0.5, 0.6) is 0 Å². The van der Waals surface area contributed by atoms with Gasteiger partial charge in [-0.1, -0.05) is 0 Å². The number of hydrogen-bond donors (Lipinski definition) is 3. The molecule has 0 radical (unpaired) electrons. The monoisotopic (exact) mass is 276 g/mol. The van der Waals surface area contributed by atoms with Gasteiger partial charge in [-0.15, -0.1) is 0 Å². The summed E-state index contributed by atoms with van der Waals surface area (Å²) in [5.74, 6) is -0.260. The van der Waals surface area contributed by atoms with Crippen LogP contribution in [0.15, 0.2) is 12.1 Å². The van der Waals surface area contributed by atoms with E-state index in [1.165, 1.54) is 6.07 Å². The molecular formula is C12H12N4O4. The minimum atomic E-state index is -0.490. The number of carbonyl (C=O) groups excluding carboxylic acids is 2. The molecule has 104 valence electrons. The van der Waals surface area contributed by atoms with E-state index < -0.39 is 4.92 Å². The molecule has 1 aromatic rings. The maximum Gasteiger partial charge on any atom is 0.292 e. The van der Waals surface area contributed by atoms with E-state index in [0.717, 1.165) is 0 Å². The zero-order valence-electron chi connectivity index (χ0n) is 10.4. The second kappa shape index (κ2) is 4.48. The molecule has 0 saturated carbocycles. The van der Waals surface area contributed by atoms with Crippen molar-refractivity contribution in [3.8, 4) is 0 Å². The Bertz CT molecular complexity index is 628. The zero-order valence-corrected chi connectivity index (χ0v) is 10.4. The molecule has 2 aliphatic rings. The van der Waals surface area contributed by atoms with Gasteiger partial charge in [-0.05, 0) is 11.6 Å². The lowest BCUT2D eigenvalue weighted by atomic mass is 10.1. The predicted octanol–water partition coefficient (Wildman–Crippen LogP) is 0.390. The Balaban J connectivity index is 1.92. The van der Waals surface area contributed by atoms with Crippen molar-refractivity contribution in [1.29, 1.82) is 0 Å². The SMILES string of the molecule is O=C1CC(Nc2cc3c(cc2[N+](=O)[O-])CC(=O)N3)CN1. The number of amides is 2. The lowest BCUT2D eigenvalue weighted by Crippen LogP contribution is -2.22. The highest BCUT2D eigenvalue weighted by molar-refractivity contribution is 6.00. The van der Waals surface area contributed by atoms with Crippen LogP contribution < -0.4 is 16.0 Å². The Kier molecular flexibility index (Phi) is 2.78. The quantitative estimate of drug-likeness (QED) is 0.546. The standard InChI is InChI=1S/C12H12N4O4/c17-11-3-7(5-13-11)14-9-4-8-6(2-12(18)15-8)1-10(9)16(19)20/h1,4,7,14H,2-3,5H2,(H,13,17)(H,15,18). The first-order valence-corrected chi connectivity index (χ1v) is 6.17. The molecule has 0 bridgehead atoms. The van der Waals surface area contributed by atoms with Crippen molar-refractivity contribution in [3.63, 3.8) is 0 Å². The molecule has 3 N–H and O–H groups in total. The van der Waals surface area contributed by atoms with Crippen molar-refractivity contribution in [1.82, 2.24) is 5.32 Å². The van der Waals surface area contributed by atoms with Gasteiger partial charge < -0.3 is 16.0 Å². The number of rotatable bonds is 3. The molecule has 0 aromatic heterocycles. The average molecular weight is 276 g/mol. The fraction of sp³-hybridized carbons (Fsp3) is 0.333. The van der Waals surface area contributed by atoms with Gasteiger partial charge in [0.25, 0.3) is 5.69 Å². The molecule has 2 aliphatic heterocycles. The molecular weight excluding hydrogens is 264 g/mol. The van der Waals surface area contributed by atoms with E-state index in [-0.39, 0.29) is 36.4 Å². The maximum atomic E-state index is 11.3. The summed E-state index contributed by atoms with van der Waals surface area (Å²) in [6, 6.07) is 2.78. The van der Waals surface area contributed by atoms with Gasteiger partial charge >= 0.3 is 0 Å². The van der Waals surface area contributed by atoms with Gasteiger partial charge in [0.1, 0.15) is 5.69 Å². The van der Waals surface area contributed by atoms with E-state index in [1.807, 2.05) is 0 Å². The molecule has 1 saturated heterocycles. The Labute approximate surface area is 113 Å². The summed E-state index contributed by atoms with van der Waals surface area (Å²) in [6.45, 7) is 0.430. The van der Waals surface area contributed by atoms with Crippen molar-refractivity contribution < 1.29 is 14.5 Å². The van der Waals surface area contributed by atoms with Crippen LogP contribution in [0, 0.1) is 10.1 Å². The smallest absolute Gasteiger partial charge is 0.292 e. The highest BCUT2D eigenvalue weighted by Gasteiger charge is 2.28. The number of carbonyl (C=O) groups is 2. The van der Waals surface area contributed by atoms with E-state index in [9.17, 15) is 19.7 Å². The van der Waals surface area contributed by atoms with E-state index in [2.05, 4.69) is 16.0 Å². The molecule has 8 heteroatoms. The second-order valence-electron chi connectivity index (χ2n) is 4.86. The van der Waals surface area contributed by atoms with Crippen molar-refractivity contribution >= 4 is 28.9 Å².